The largest absolute Gasteiger partial charge is 0.576 e. The third kappa shape index (κ3) is 14.9. The Morgan fingerprint density at radius 3 is 1.15 bits per heavy atom. The summed E-state index contributed by atoms with van der Waals surface area (Å²) in [6.45, 7) is 4.46. The molecule has 4 heteroatoms. The molecule has 0 bridgehead atoms. The van der Waals surface area contributed by atoms with Crippen molar-refractivity contribution in [1.82, 2.24) is 0 Å². The Labute approximate surface area is 84.4 Å². The Balaban J connectivity index is 0. The van der Waals surface area contributed by atoms with Gasteiger partial charge < -0.3 is 13.3 Å². The Hall–Kier alpha value is 0.0969. The van der Waals surface area contributed by atoms with Crippen LogP contribution in [0.15, 0.2) is 0 Å². The van der Waals surface area contributed by atoms with Crippen molar-refractivity contribution in [3.63, 3.8) is 0 Å². The van der Waals surface area contributed by atoms with E-state index in [0.29, 0.717) is 0 Å². The van der Waals surface area contributed by atoms with Gasteiger partial charge in [-0.05, 0) is 0 Å². The van der Waals surface area contributed by atoms with Gasteiger partial charge in [0.1, 0.15) is 0 Å². The van der Waals surface area contributed by atoms with Crippen LogP contribution < -0.4 is 0 Å². The first-order valence-corrected chi connectivity index (χ1v) is 5.98. The highest BCUT2D eigenvalue weighted by atomic mass is 28.3. The normalized spacial score (nSPS) is 9.69. The zero-order valence-electron chi connectivity index (χ0n) is 9.55. The van der Waals surface area contributed by atoms with Crippen molar-refractivity contribution in [2.75, 3.05) is 21.3 Å². The van der Waals surface area contributed by atoms with E-state index in [4.69, 9.17) is 13.3 Å². The lowest BCUT2D eigenvalue weighted by molar-refractivity contribution is 0.163. The molecule has 1 radical (unpaired) electrons. The third-order valence-corrected chi connectivity index (χ3v) is 2.46. The first-order chi connectivity index (χ1) is 6.26. The summed E-state index contributed by atoms with van der Waals surface area (Å²) >= 11 is 0. The molecule has 0 aliphatic carbocycles. The van der Waals surface area contributed by atoms with E-state index in [9.17, 15) is 0 Å². The van der Waals surface area contributed by atoms with Crippen LogP contribution in [0.5, 0.6) is 0 Å². The molecule has 0 atom stereocenters. The molecule has 0 rings (SSSR count). The minimum absolute atomic E-state index is 1.36. The van der Waals surface area contributed by atoms with Crippen LogP contribution in [0, 0.1) is 0 Å². The molecule has 0 N–H and O–H groups in total. The Morgan fingerprint density at radius 1 is 0.769 bits per heavy atom. The molecular formula is C9H23O3Si. The van der Waals surface area contributed by atoms with E-state index in [0.717, 1.165) is 0 Å². The summed E-state index contributed by atoms with van der Waals surface area (Å²) in [6.07, 6.45) is 5.54. The molecule has 0 aromatic heterocycles. The molecular weight excluding hydrogens is 184 g/mol. The van der Waals surface area contributed by atoms with Crippen LogP contribution in [-0.4, -0.2) is 30.9 Å². The van der Waals surface area contributed by atoms with Gasteiger partial charge in [-0.15, -0.1) is 0 Å². The fraction of sp³-hybridized carbons (Fsp3) is 1.00. The lowest BCUT2D eigenvalue weighted by Gasteiger charge is -2.02. The van der Waals surface area contributed by atoms with Crippen molar-refractivity contribution in [2.45, 2.75) is 39.5 Å². The van der Waals surface area contributed by atoms with Crippen molar-refractivity contribution in [2.24, 2.45) is 0 Å². The SMILES string of the molecule is CCCCCC.CO[Si](OC)OC. The van der Waals surface area contributed by atoms with Gasteiger partial charge >= 0.3 is 9.53 Å². The van der Waals surface area contributed by atoms with E-state index in [1.54, 1.807) is 21.3 Å². The van der Waals surface area contributed by atoms with Crippen LogP contribution in [0.1, 0.15) is 39.5 Å². The van der Waals surface area contributed by atoms with E-state index < -0.39 is 9.53 Å². The highest BCUT2D eigenvalue weighted by molar-refractivity contribution is 6.36. The van der Waals surface area contributed by atoms with Crippen LogP contribution >= 0.6 is 0 Å². The maximum absolute atomic E-state index is 4.71. The van der Waals surface area contributed by atoms with Gasteiger partial charge in [0, 0.05) is 21.3 Å². The zero-order chi connectivity index (χ0) is 10.5. The number of hydrogen-bond donors (Lipinski definition) is 0. The predicted molar refractivity (Wildman–Crippen MR) is 56.6 cm³/mol. The van der Waals surface area contributed by atoms with Crippen molar-refractivity contribution in [3.05, 3.63) is 0 Å². The monoisotopic (exact) mass is 207 g/mol. The van der Waals surface area contributed by atoms with Crippen molar-refractivity contribution in [3.8, 4) is 0 Å². The Kier molecular flexibility index (Phi) is 17.5. The van der Waals surface area contributed by atoms with E-state index in [-0.39, 0.29) is 0 Å². The van der Waals surface area contributed by atoms with Gasteiger partial charge in [0.05, 0.1) is 0 Å². The highest BCUT2D eigenvalue weighted by Crippen LogP contribution is 1.95. The maximum Gasteiger partial charge on any atom is 0.576 e. The topological polar surface area (TPSA) is 27.7 Å². The fourth-order valence-electron chi connectivity index (χ4n) is 0.750. The van der Waals surface area contributed by atoms with Crippen molar-refractivity contribution < 1.29 is 13.3 Å². The molecule has 0 aromatic carbocycles. The smallest absolute Gasteiger partial charge is 0.375 e. The van der Waals surface area contributed by atoms with E-state index in [1.807, 2.05) is 0 Å². The minimum Gasteiger partial charge on any atom is -0.375 e. The molecule has 3 nitrogen and oxygen atoms in total. The first kappa shape index (κ1) is 15.6. The molecule has 0 aliphatic rings. The quantitative estimate of drug-likeness (QED) is 0.495. The van der Waals surface area contributed by atoms with Gasteiger partial charge in [0.25, 0.3) is 0 Å². The summed E-state index contributed by atoms with van der Waals surface area (Å²) in [6, 6.07) is 0. The molecule has 0 saturated heterocycles. The molecule has 0 saturated carbocycles. The van der Waals surface area contributed by atoms with Gasteiger partial charge in [0.2, 0.25) is 0 Å². The summed E-state index contributed by atoms with van der Waals surface area (Å²) in [7, 11) is 3.31. The zero-order valence-corrected chi connectivity index (χ0v) is 10.6. The van der Waals surface area contributed by atoms with Gasteiger partial charge in [-0.1, -0.05) is 39.5 Å². The van der Waals surface area contributed by atoms with Gasteiger partial charge in [-0.3, -0.25) is 0 Å². The average molecular weight is 207 g/mol. The standard InChI is InChI=1S/C6H14.C3H9O3Si/c1-3-5-6-4-2;1-4-7(5-2)6-3/h3-6H2,1-2H3;1-3H3. The molecule has 0 fully saturated rings. The van der Waals surface area contributed by atoms with Gasteiger partial charge in [0.15, 0.2) is 0 Å². The van der Waals surface area contributed by atoms with E-state index in [2.05, 4.69) is 13.8 Å². The summed E-state index contributed by atoms with van der Waals surface area (Å²) < 4.78 is 14.1. The maximum atomic E-state index is 4.71. The molecule has 81 valence electrons. The molecule has 0 heterocycles. The lowest BCUT2D eigenvalue weighted by atomic mass is 10.2. The van der Waals surface area contributed by atoms with Crippen LogP contribution in [0.3, 0.4) is 0 Å². The van der Waals surface area contributed by atoms with Crippen LogP contribution in [-0.2, 0) is 13.3 Å². The first-order valence-electron chi connectivity index (χ1n) is 4.75. The minimum atomic E-state index is -1.36. The fourth-order valence-corrected chi connectivity index (χ4v) is 1.25. The second kappa shape index (κ2) is 14.6. The number of unbranched alkanes of at least 4 members (excludes halogenated alkanes) is 3. The summed E-state index contributed by atoms with van der Waals surface area (Å²) in [5.41, 5.74) is 0. The van der Waals surface area contributed by atoms with Crippen molar-refractivity contribution >= 4 is 9.53 Å². The summed E-state index contributed by atoms with van der Waals surface area (Å²) in [4.78, 5) is 0. The number of hydrogen-bond acceptors (Lipinski definition) is 3. The molecule has 0 aromatic rings. The average Bonchev–Trinajstić information content (AvgIpc) is 2.18. The molecule has 0 amide bonds. The second-order valence-electron chi connectivity index (χ2n) is 2.57. The molecule has 13 heavy (non-hydrogen) atoms. The van der Waals surface area contributed by atoms with Crippen LogP contribution in [0.25, 0.3) is 0 Å². The third-order valence-electron chi connectivity index (χ3n) is 1.46. The summed E-state index contributed by atoms with van der Waals surface area (Å²) in [5, 5.41) is 0. The molecule has 0 spiro atoms. The molecule has 0 unspecified atom stereocenters. The Bertz CT molecular complexity index is 67.8. The Morgan fingerprint density at radius 2 is 1.08 bits per heavy atom. The van der Waals surface area contributed by atoms with Gasteiger partial charge in [-0.25, -0.2) is 0 Å². The van der Waals surface area contributed by atoms with Crippen LogP contribution in [0.4, 0.5) is 0 Å². The van der Waals surface area contributed by atoms with Gasteiger partial charge in [-0.2, -0.15) is 0 Å². The second-order valence-corrected chi connectivity index (χ2v) is 4.29. The van der Waals surface area contributed by atoms with Crippen molar-refractivity contribution in [1.29, 1.82) is 0 Å². The predicted octanol–water partition coefficient (Wildman–Crippen LogP) is 2.50. The lowest BCUT2D eigenvalue weighted by Crippen LogP contribution is -2.21. The highest BCUT2D eigenvalue weighted by Gasteiger charge is 2.09. The van der Waals surface area contributed by atoms with Crippen LogP contribution in [0.2, 0.25) is 0 Å². The van der Waals surface area contributed by atoms with E-state index >= 15 is 0 Å². The molecule has 0 aliphatic heterocycles. The van der Waals surface area contributed by atoms with E-state index in [1.165, 1.54) is 25.7 Å². The number of rotatable bonds is 6. The summed E-state index contributed by atoms with van der Waals surface area (Å²) in [5.74, 6) is 0.